The molecule has 20 heavy (non-hydrogen) atoms. The summed E-state index contributed by atoms with van der Waals surface area (Å²) < 4.78 is 16.0. The van der Waals surface area contributed by atoms with E-state index in [1.54, 1.807) is 12.1 Å². The third-order valence-electron chi connectivity index (χ3n) is 4.00. The Hall–Kier alpha value is -1.91. The van der Waals surface area contributed by atoms with E-state index < -0.39 is 0 Å². The first-order valence-corrected chi connectivity index (χ1v) is 7.03. The summed E-state index contributed by atoms with van der Waals surface area (Å²) >= 11 is 0. The Morgan fingerprint density at radius 3 is 2.55 bits per heavy atom. The van der Waals surface area contributed by atoms with E-state index in [1.165, 1.54) is 0 Å². The molecule has 0 bridgehead atoms. The highest BCUT2D eigenvalue weighted by atomic mass is 16.7. The number of esters is 1. The van der Waals surface area contributed by atoms with Crippen molar-refractivity contribution in [2.75, 3.05) is 12.5 Å². The van der Waals surface area contributed by atoms with Crippen LogP contribution in [0, 0.1) is 5.92 Å². The maximum atomic E-state index is 12.2. The largest absolute Gasteiger partial charge is 0.459 e. The first kappa shape index (κ1) is 13.1. The van der Waals surface area contributed by atoms with Gasteiger partial charge in [-0.2, -0.15) is 0 Å². The van der Waals surface area contributed by atoms with Gasteiger partial charge >= 0.3 is 5.97 Å². The smallest absolute Gasteiger partial charge is 0.340 e. The molecular weight excluding hydrogens is 258 g/mol. The predicted molar refractivity (Wildman–Crippen MR) is 73.8 cm³/mol. The molecule has 5 heteroatoms. The van der Waals surface area contributed by atoms with Crippen molar-refractivity contribution in [3.8, 4) is 11.5 Å². The van der Waals surface area contributed by atoms with E-state index in [0.29, 0.717) is 22.7 Å². The van der Waals surface area contributed by atoms with Crippen molar-refractivity contribution < 1.29 is 19.0 Å². The van der Waals surface area contributed by atoms with Crippen LogP contribution >= 0.6 is 0 Å². The van der Waals surface area contributed by atoms with Gasteiger partial charge in [-0.1, -0.05) is 6.92 Å². The minimum absolute atomic E-state index is 0.00326. The van der Waals surface area contributed by atoms with Crippen LogP contribution in [0.2, 0.25) is 0 Å². The summed E-state index contributed by atoms with van der Waals surface area (Å²) in [6, 6.07) is 3.22. The Labute approximate surface area is 118 Å². The lowest BCUT2D eigenvalue weighted by Gasteiger charge is -2.26. The van der Waals surface area contributed by atoms with Crippen LogP contribution in [0.15, 0.2) is 12.1 Å². The molecule has 0 unspecified atom stereocenters. The number of hydrogen-bond donors (Lipinski definition) is 1. The van der Waals surface area contributed by atoms with Crippen molar-refractivity contribution in [1.29, 1.82) is 0 Å². The molecule has 0 saturated heterocycles. The lowest BCUT2D eigenvalue weighted by Crippen LogP contribution is -2.24. The van der Waals surface area contributed by atoms with Crippen LogP contribution in [0.5, 0.6) is 11.5 Å². The first-order chi connectivity index (χ1) is 9.63. The van der Waals surface area contributed by atoms with Crippen molar-refractivity contribution in [2.45, 2.75) is 38.7 Å². The monoisotopic (exact) mass is 277 g/mol. The number of nitrogens with two attached hydrogens (primary N) is 1. The Morgan fingerprint density at radius 1 is 1.20 bits per heavy atom. The average Bonchev–Trinajstić information content (AvgIpc) is 2.87. The van der Waals surface area contributed by atoms with E-state index >= 15 is 0 Å². The summed E-state index contributed by atoms with van der Waals surface area (Å²) in [5.74, 6) is 1.47. The summed E-state index contributed by atoms with van der Waals surface area (Å²) in [5.41, 5.74) is 6.60. The second-order valence-electron chi connectivity index (χ2n) is 5.58. The van der Waals surface area contributed by atoms with E-state index in [1.807, 2.05) is 0 Å². The Morgan fingerprint density at radius 2 is 1.85 bits per heavy atom. The van der Waals surface area contributed by atoms with Crippen molar-refractivity contribution >= 4 is 11.7 Å². The molecule has 0 atom stereocenters. The zero-order valence-corrected chi connectivity index (χ0v) is 11.6. The molecule has 2 aliphatic rings. The highest BCUT2D eigenvalue weighted by Gasteiger charge is 2.25. The van der Waals surface area contributed by atoms with Crippen LogP contribution in [-0.4, -0.2) is 18.9 Å². The van der Waals surface area contributed by atoms with E-state index in [-0.39, 0.29) is 18.9 Å². The number of benzene rings is 1. The van der Waals surface area contributed by atoms with E-state index in [0.717, 1.165) is 31.6 Å². The van der Waals surface area contributed by atoms with Gasteiger partial charge in [0.15, 0.2) is 11.5 Å². The highest BCUT2D eigenvalue weighted by Crippen LogP contribution is 2.36. The van der Waals surface area contributed by atoms with Crippen LogP contribution in [-0.2, 0) is 4.74 Å². The summed E-state index contributed by atoms with van der Waals surface area (Å²) in [5, 5.41) is 0. The summed E-state index contributed by atoms with van der Waals surface area (Å²) in [4.78, 5) is 12.2. The molecule has 1 aromatic carbocycles. The van der Waals surface area contributed by atoms with Crippen molar-refractivity contribution in [3.05, 3.63) is 17.7 Å². The maximum absolute atomic E-state index is 12.2. The third-order valence-corrected chi connectivity index (χ3v) is 4.00. The number of nitrogen functional groups attached to an aromatic ring is 1. The molecule has 108 valence electrons. The van der Waals surface area contributed by atoms with Gasteiger partial charge in [-0.05, 0) is 31.6 Å². The fraction of sp³-hybridized carbons (Fsp3) is 0.533. The van der Waals surface area contributed by atoms with E-state index in [2.05, 4.69) is 6.92 Å². The van der Waals surface area contributed by atoms with Crippen LogP contribution in [0.25, 0.3) is 0 Å². The standard InChI is InChI=1S/C15H19NO4/c1-9-2-4-10(5-3-9)20-15(17)11-6-13-14(7-12(11)16)19-8-18-13/h6-7,9-10H,2-5,8,16H2,1H3. The second kappa shape index (κ2) is 5.23. The zero-order valence-electron chi connectivity index (χ0n) is 11.6. The predicted octanol–water partition coefficient (Wildman–Crippen LogP) is 2.73. The molecule has 0 aromatic heterocycles. The number of ether oxygens (including phenoxy) is 3. The van der Waals surface area contributed by atoms with Gasteiger partial charge in [0, 0.05) is 12.1 Å². The van der Waals surface area contributed by atoms with Crippen LogP contribution < -0.4 is 15.2 Å². The number of rotatable bonds is 2. The van der Waals surface area contributed by atoms with Gasteiger partial charge in [-0.25, -0.2) is 4.79 Å². The number of carbonyl (C=O) groups is 1. The van der Waals surface area contributed by atoms with Gasteiger partial charge in [0.05, 0.1) is 11.3 Å². The molecule has 0 radical (unpaired) electrons. The van der Waals surface area contributed by atoms with Gasteiger partial charge in [0.25, 0.3) is 0 Å². The van der Waals surface area contributed by atoms with Gasteiger partial charge < -0.3 is 19.9 Å². The van der Waals surface area contributed by atoms with E-state index in [9.17, 15) is 4.79 Å². The first-order valence-electron chi connectivity index (χ1n) is 7.03. The van der Waals surface area contributed by atoms with Gasteiger partial charge in [-0.15, -0.1) is 0 Å². The molecule has 3 rings (SSSR count). The van der Waals surface area contributed by atoms with Crippen molar-refractivity contribution in [3.63, 3.8) is 0 Å². The molecule has 1 fully saturated rings. The molecular formula is C15H19NO4. The number of fused-ring (bicyclic) bond motifs is 1. The molecule has 0 spiro atoms. The number of carbonyl (C=O) groups excluding carboxylic acids is 1. The molecule has 1 aromatic rings. The summed E-state index contributed by atoms with van der Waals surface area (Å²) in [7, 11) is 0. The molecule has 2 N–H and O–H groups in total. The molecule has 1 aliphatic carbocycles. The van der Waals surface area contributed by atoms with Crippen molar-refractivity contribution in [1.82, 2.24) is 0 Å². The molecule has 1 heterocycles. The van der Waals surface area contributed by atoms with Crippen LogP contribution in [0.1, 0.15) is 43.0 Å². The third kappa shape index (κ3) is 2.53. The Balaban J connectivity index is 1.71. The average molecular weight is 277 g/mol. The summed E-state index contributed by atoms with van der Waals surface area (Å²) in [6.45, 7) is 2.39. The summed E-state index contributed by atoms with van der Waals surface area (Å²) in [6.07, 6.45) is 4.07. The normalized spacial score (nSPS) is 24.4. The number of anilines is 1. The molecule has 0 amide bonds. The van der Waals surface area contributed by atoms with Gasteiger partial charge in [0.2, 0.25) is 6.79 Å². The lowest BCUT2D eigenvalue weighted by molar-refractivity contribution is 0.0174. The maximum Gasteiger partial charge on any atom is 0.340 e. The zero-order chi connectivity index (χ0) is 14.1. The van der Waals surface area contributed by atoms with Gasteiger partial charge in [-0.3, -0.25) is 0 Å². The quantitative estimate of drug-likeness (QED) is 0.665. The Bertz CT molecular complexity index is 521. The van der Waals surface area contributed by atoms with Crippen LogP contribution in [0.4, 0.5) is 5.69 Å². The molecule has 1 saturated carbocycles. The van der Waals surface area contributed by atoms with Gasteiger partial charge in [0.1, 0.15) is 6.10 Å². The fourth-order valence-electron chi connectivity index (χ4n) is 2.70. The molecule has 1 aliphatic heterocycles. The lowest BCUT2D eigenvalue weighted by atomic mass is 9.89. The SMILES string of the molecule is CC1CCC(OC(=O)c2cc3c(cc2N)OCO3)CC1. The fourth-order valence-corrected chi connectivity index (χ4v) is 2.70. The van der Waals surface area contributed by atoms with Crippen molar-refractivity contribution in [2.24, 2.45) is 5.92 Å². The molecule has 5 nitrogen and oxygen atoms in total. The topological polar surface area (TPSA) is 70.8 Å². The van der Waals surface area contributed by atoms with Crippen LogP contribution in [0.3, 0.4) is 0 Å². The number of hydrogen-bond acceptors (Lipinski definition) is 5. The minimum Gasteiger partial charge on any atom is -0.459 e. The minimum atomic E-state index is -0.375. The second-order valence-corrected chi connectivity index (χ2v) is 5.58. The van der Waals surface area contributed by atoms with E-state index in [4.69, 9.17) is 19.9 Å². The Kier molecular flexibility index (Phi) is 3.42. The highest BCUT2D eigenvalue weighted by molar-refractivity contribution is 5.96.